The molecule has 0 aromatic heterocycles. The normalized spacial score (nSPS) is 11.4. The molecule has 0 saturated carbocycles. The maximum atomic E-state index is 5.33. The molecule has 1 N–H and O–H groups in total. The van der Waals surface area contributed by atoms with Crippen LogP contribution in [-0.2, 0) is 0 Å². The predicted octanol–water partition coefficient (Wildman–Crippen LogP) is 2.76. The van der Waals surface area contributed by atoms with Crippen molar-refractivity contribution in [3.63, 3.8) is 0 Å². The summed E-state index contributed by atoms with van der Waals surface area (Å²) in [5.41, 5.74) is 1.19. The SMILES string of the molecule is CC#CCCN[C@@H](C)c1ccccc1OC. The molecule has 2 heteroatoms. The highest BCUT2D eigenvalue weighted by molar-refractivity contribution is 5.35. The summed E-state index contributed by atoms with van der Waals surface area (Å²) in [5.74, 6) is 6.86. The van der Waals surface area contributed by atoms with Gasteiger partial charge in [-0.15, -0.1) is 11.8 Å². The van der Waals surface area contributed by atoms with Gasteiger partial charge in [0.05, 0.1) is 7.11 Å². The Morgan fingerprint density at radius 2 is 2.12 bits per heavy atom. The molecule has 2 nitrogen and oxygen atoms in total. The van der Waals surface area contributed by atoms with Crippen LogP contribution in [0.2, 0.25) is 0 Å². The molecule has 0 aliphatic rings. The maximum absolute atomic E-state index is 5.33. The van der Waals surface area contributed by atoms with Gasteiger partial charge in [-0.3, -0.25) is 0 Å². The van der Waals surface area contributed by atoms with Gasteiger partial charge < -0.3 is 10.1 Å². The summed E-state index contributed by atoms with van der Waals surface area (Å²) in [5, 5.41) is 3.43. The molecule has 0 aliphatic heterocycles. The summed E-state index contributed by atoms with van der Waals surface area (Å²) in [7, 11) is 1.70. The highest BCUT2D eigenvalue weighted by Gasteiger charge is 2.08. The number of rotatable bonds is 5. The van der Waals surface area contributed by atoms with Crippen molar-refractivity contribution in [2.75, 3.05) is 13.7 Å². The second-order valence-corrected chi connectivity index (χ2v) is 3.59. The Hall–Kier alpha value is -1.46. The van der Waals surface area contributed by atoms with Crippen LogP contribution in [0.25, 0.3) is 0 Å². The van der Waals surface area contributed by atoms with Crippen LogP contribution < -0.4 is 10.1 Å². The fraction of sp³-hybridized carbons (Fsp3) is 0.429. The van der Waals surface area contributed by atoms with E-state index in [2.05, 4.69) is 30.1 Å². The molecule has 86 valence electrons. The van der Waals surface area contributed by atoms with Crippen LogP contribution in [0, 0.1) is 11.8 Å². The van der Waals surface area contributed by atoms with E-state index < -0.39 is 0 Å². The van der Waals surface area contributed by atoms with Crippen LogP contribution in [0.15, 0.2) is 24.3 Å². The van der Waals surface area contributed by atoms with Gasteiger partial charge in [0, 0.05) is 24.6 Å². The third kappa shape index (κ3) is 3.60. The number of hydrogen-bond donors (Lipinski definition) is 1. The van der Waals surface area contributed by atoms with Gasteiger partial charge in [0.15, 0.2) is 0 Å². The number of nitrogens with one attached hydrogen (secondary N) is 1. The van der Waals surface area contributed by atoms with E-state index in [0.717, 1.165) is 18.7 Å². The summed E-state index contributed by atoms with van der Waals surface area (Å²) in [4.78, 5) is 0. The fourth-order valence-electron chi connectivity index (χ4n) is 1.61. The molecule has 1 aromatic rings. The molecule has 1 aromatic carbocycles. The van der Waals surface area contributed by atoms with E-state index in [1.165, 1.54) is 5.56 Å². The zero-order chi connectivity index (χ0) is 11.8. The van der Waals surface area contributed by atoms with Gasteiger partial charge in [-0.25, -0.2) is 0 Å². The second-order valence-electron chi connectivity index (χ2n) is 3.59. The lowest BCUT2D eigenvalue weighted by atomic mass is 10.1. The average Bonchev–Trinajstić information content (AvgIpc) is 2.34. The van der Waals surface area contributed by atoms with Crippen LogP contribution in [0.5, 0.6) is 5.75 Å². The van der Waals surface area contributed by atoms with E-state index in [1.807, 2.05) is 25.1 Å². The third-order valence-corrected chi connectivity index (χ3v) is 2.48. The van der Waals surface area contributed by atoms with E-state index in [-0.39, 0.29) is 6.04 Å². The van der Waals surface area contributed by atoms with Gasteiger partial charge in [-0.05, 0) is 19.9 Å². The number of benzene rings is 1. The second kappa shape index (κ2) is 6.92. The molecular formula is C14H19NO. The van der Waals surface area contributed by atoms with Gasteiger partial charge in [-0.1, -0.05) is 18.2 Å². The van der Waals surface area contributed by atoms with Crippen LogP contribution in [0.3, 0.4) is 0 Å². The van der Waals surface area contributed by atoms with E-state index in [4.69, 9.17) is 4.74 Å². The van der Waals surface area contributed by atoms with Gasteiger partial charge in [0.25, 0.3) is 0 Å². The predicted molar refractivity (Wildman–Crippen MR) is 67.5 cm³/mol. The summed E-state index contributed by atoms with van der Waals surface area (Å²) < 4.78 is 5.33. The summed E-state index contributed by atoms with van der Waals surface area (Å²) in [6.07, 6.45) is 0.885. The summed E-state index contributed by atoms with van der Waals surface area (Å²) >= 11 is 0. The first kappa shape index (κ1) is 12.6. The van der Waals surface area contributed by atoms with Gasteiger partial charge in [0.2, 0.25) is 0 Å². The first-order chi connectivity index (χ1) is 7.79. The lowest BCUT2D eigenvalue weighted by Crippen LogP contribution is -2.20. The molecular weight excluding hydrogens is 198 g/mol. The Morgan fingerprint density at radius 1 is 1.38 bits per heavy atom. The number of hydrogen-bond acceptors (Lipinski definition) is 2. The molecule has 1 atom stereocenters. The molecule has 0 amide bonds. The lowest BCUT2D eigenvalue weighted by molar-refractivity contribution is 0.402. The van der Waals surface area contributed by atoms with Gasteiger partial charge in [0.1, 0.15) is 5.75 Å². The molecule has 0 fully saturated rings. The van der Waals surface area contributed by atoms with E-state index in [1.54, 1.807) is 7.11 Å². The average molecular weight is 217 g/mol. The fourth-order valence-corrected chi connectivity index (χ4v) is 1.61. The van der Waals surface area contributed by atoms with Crippen LogP contribution in [0.4, 0.5) is 0 Å². The molecule has 16 heavy (non-hydrogen) atoms. The highest BCUT2D eigenvalue weighted by atomic mass is 16.5. The van der Waals surface area contributed by atoms with Crippen molar-refractivity contribution in [2.45, 2.75) is 26.3 Å². The number of methoxy groups -OCH3 is 1. The Bertz CT molecular complexity index is 376. The third-order valence-electron chi connectivity index (χ3n) is 2.48. The summed E-state index contributed by atoms with van der Waals surface area (Å²) in [6.45, 7) is 4.90. The minimum atomic E-state index is 0.287. The minimum absolute atomic E-state index is 0.287. The molecule has 0 heterocycles. The van der Waals surface area contributed by atoms with Crippen molar-refractivity contribution >= 4 is 0 Å². The molecule has 0 aliphatic carbocycles. The lowest BCUT2D eigenvalue weighted by Gasteiger charge is -2.16. The molecule has 0 radical (unpaired) electrons. The van der Waals surface area contributed by atoms with Gasteiger partial charge in [-0.2, -0.15) is 0 Å². The highest BCUT2D eigenvalue weighted by Crippen LogP contribution is 2.23. The minimum Gasteiger partial charge on any atom is -0.496 e. The maximum Gasteiger partial charge on any atom is 0.123 e. The monoisotopic (exact) mass is 217 g/mol. The van der Waals surface area contributed by atoms with Crippen LogP contribution >= 0.6 is 0 Å². The smallest absolute Gasteiger partial charge is 0.123 e. The van der Waals surface area contributed by atoms with Crippen molar-refractivity contribution < 1.29 is 4.74 Å². The van der Waals surface area contributed by atoms with Crippen molar-refractivity contribution in [2.24, 2.45) is 0 Å². The van der Waals surface area contributed by atoms with Gasteiger partial charge >= 0.3 is 0 Å². The van der Waals surface area contributed by atoms with Crippen molar-refractivity contribution in [1.29, 1.82) is 0 Å². The Morgan fingerprint density at radius 3 is 2.81 bits per heavy atom. The van der Waals surface area contributed by atoms with Crippen LogP contribution in [0.1, 0.15) is 31.9 Å². The van der Waals surface area contributed by atoms with Crippen LogP contribution in [-0.4, -0.2) is 13.7 Å². The van der Waals surface area contributed by atoms with E-state index in [0.29, 0.717) is 0 Å². The molecule has 0 unspecified atom stereocenters. The molecule has 1 rings (SSSR count). The topological polar surface area (TPSA) is 21.3 Å². The Balaban J connectivity index is 2.57. The molecule has 0 saturated heterocycles. The number of ether oxygens (including phenoxy) is 1. The Kier molecular flexibility index (Phi) is 5.45. The van der Waals surface area contributed by atoms with Crippen molar-refractivity contribution in [3.8, 4) is 17.6 Å². The Labute approximate surface area is 98.0 Å². The van der Waals surface area contributed by atoms with E-state index in [9.17, 15) is 0 Å². The quantitative estimate of drug-likeness (QED) is 0.605. The summed E-state index contributed by atoms with van der Waals surface area (Å²) in [6, 6.07) is 8.37. The first-order valence-electron chi connectivity index (χ1n) is 5.55. The van der Waals surface area contributed by atoms with E-state index >= 15 is 0 Å². The molecule has 0 spiro atoms. The van der Waals surface area contributed by atoms with Crippen molar-refractivity contribution in [1.82, 2.24) is 5.32 Å². The largest absolute Gasteiger partial charge is 0.496 e. The zero-order valence-corrected chi connectivity index (χ0v) is 10.2. The zero-order valence-electron chi connectivity index (χ0n) is 10.2. The van der Waals surface area contributed by atoms with Crippen molar-refractivity contribution in [3.05, 3.63) is 29.8 Å². The first-order valence-corrected chi connectivity index (χ1v) is 5.55. The molecule has 0 bridgehead atoms. The number of para-hydroxylation sites is 1. The standard InChI is InChI=1S/C14H19NO/c1-4-5-8-11-15-12(2)13-9-6-7-10-14(13)16-3/h6-7,9-10,12,15H,8,11H2,1-3H3/t12-/m0/s1.